The number of carbonyl (C=O) groups is 3. The number of likely N-dealkylation sites (N-methyl/N-ethyl adjacent to an activating group) is 1. The highest BCUT2D eigenvalue weighted by atomic mass is 16.4. The molecule has 0 aromatic carbocycles. The van der Waals surface area contributed by atoms with Crippen LogP contribution in [-0.4, -0.2) is 58.3 Å². The van der Waals surface area contributed by atoms with Crippen LogP contribution in [0.4, 0.5) is 4.79 Å². The van der Waals surface area contributed by atoms with Gasteiger partial charge >= 0.3 is 12.0 Å². The lowest BCUT2D eigenvalue weighted by molar-refractivity contribution is -0.140. The van der Waals surface area contributed by atoms with E-state index in [4.69, 9.17) is 10.8 Å². The van der Waals surface area contributed by atoms with E-state index < -0.39 is 36.0 Å². The Morgan fingerprint density at radius 1 is 1.35 bits per heavy atom. The van der Waals surface area contributed by atoms with Crippen molar-refractivity contribution >= 4 is 17.9 Å². The first-order valence-electron chi connectivity index (χ1n) is 6.49. The van der Waals surface area contributed by atoms with Crippen molar-refractivity contribution in [1.82, 2.24) is 10.2 Å². The average molecular weight is 287 g/mol. The molecule has 0 aromatic heterocycles. The fourth-order valence-electron chi connectivity index (χ4n) is 2.37. The molecule has 3 amide bonds. The quantitative estimate of drug-likeness (QED) is 0.510. The highest BCUT2D eigenvalue weighted by molar-refractivity contribution is 5.87. The average Bonchev–Trinajstić information content (AvgIpc) is 2.73. The summed E-state index contributed by atoms with van der Waals surface area (Å²) < 4.78 is 0. The van der Waals surface area contributed by atoms with Gasteiger partial charge in [-0.05, 0) is 12.8 Å². The summed E-state index contributed by atoms with van der Waals surface area (Å²) in [5.74, 6) is -2.14. The van der Waals surface area contributed by atoms with Gasteiger partial charge in [-0.3, -0.25) is 4.79 Å². The Kier molecular flexibility index (Phi) is 5.32. The van der Waals surface area contributed by atoms with Gasteiger partial charge < -0.3 is 26.2 Å². The van der Waals surface area contributed by atoms with Gasteiger partial charge in [0.05, 0.1) is 18.6 Å². The second kappa shape index (κ2) is 6.56. The van der Waals surface area contributed by atoms with Gasteiger partial charge in [-0.1, -0.05) is 12.8 Å². The third-order valence-corrected chi connectivity index (χ3v) is 3.41. The molecule has 1 atom stereocenters. The number of carbonyl (C=O) groups excluding carboxylic acids is 2. The van der Waals surface area contributed by atoms with Gasteiger partial charge in [0, 0.05) is 7.05 Å². The summed E-state index contributed by atoms with van der Waals surface area (Å²) in [7, 11) is 1.47. The van der Waals surface area contributed by atoms with Crippen LogP contribution >= 0.6 is 0 Å². The Morgan fingerprint density at radius 2 is 1.90 bits per heavy atom. The van der Waals surface area contributed by atoms with Crippen molar-refractivity contribution in [1.29, 1.82) is 0 Å². The first-order chi connectivity index (χ1) is 9.23. The van der Waals surface area contributed by atoms with Crippen LogP contribution in [0.2, 0.25) is 0 Å². The number of nitrogens with two attached hydrogens (primary N) is 1. The smallest absolute Gasteiger partial charge is 0.326 e. The van der Waals surface area contributed by atoms with Crippen LogP contribution in [0.25, 0.3) is 0 Å². The first kappa shape index (κ1) is 16.2. The number of hydrogen-bond acceptors (Lipinski definition) is 4. The molecule has 1 aliphatic carbocycles. The molecule has 0 spiro atoms. The van der Waals surface area contributed by atoms with Gasteiger partial charge in [0.2, 0.25) is 5.91 Å². The second-order valence-electron chi connectivity index (χ2n) is 5.30. The predicted octanol–water partition coefficient (Wildman–Crippen LogP) is -0.738. The first-order valence-corrected chi connectivity index (χ1v) is 6.49. The van der Waals surface area contributed by atoms with E-state index in [1.807, 2.05) is 0 Å². The minimum Gasteiger partial charge on any atom is -0.480 e. The molecule has 20 heavy (non-hydrogen) atoms. The van der Waals surface area contributed by atoms with Crippen molar-refractivity contribution in [2.45, 2.75) is 43.7 Å². The summed E-state index contributed by atoms with van der Waals surface area (Å²) in [6.07, 6.45) is 2.58. The maximum atomic E-state index is 11.9. The minimum absolute atomic E-state index is 0.127. The standard InChI is InChI=1S/C12H21N3O5/c1-15(7-12(20)4-2-3-5-12)11(19)14-8(10(17)18)6-9(13)16/h8,20H,2-7H2,1H3,(H2,13,16)(H,14,19)(H,17,18). The fraction of sp³-hybridized carbons (Fsp3) is 0.750. The molecule has 0 aliphatic heterocycles. The van der Waals surface area contributed by atoms with Gasteiger partial charge in [-0.15, -0.1) is 0 Å². The number of primary amides is 1. The number of nitrogens with zero attached hydrogens (tertiary/aromatic N) is 1. The number of rotatable bonds is 6. The summed E-state index contributed by atoms with van der Waals surface area (Å²) in [5.41, 5.74) is 4.02. The third kappa shape index (κ3) is 4.69. The second-order valence-corrected chi connectivity index (χ2v) is 5.30. The highest BCUT2D eigenvalue weighted by Crippen LogP contribution is 2.29. The maximum absolute atomic E-state index is 11.9. The van der Waals surface area contributed by atoms with Crippen molar-refractivity contribution in [2.75, 3.05) is 13.6 Å². The van der Waals surface area contributed by atoms with Crippen molar-refractivity contribution < 1.29 is 24.6 Å². The highest BCUT2D eigenvalue weighted by Gasteiger charge is 2.34. The summed E-state index contributed by atoms with van der Waals surface area (Å²) in [4.78, 5) is 34.7. The molecule has 1 unspecified atom stereocenters. The number of hydrogen-bond donors (Lipinski definition) is 4. The molecular formula is C12H21N3O5. The van der Waals surface area contributed by atoms with E-state index in [2.05, 4.69) is 5.32 Å². The fourth-order valence-corrected chi connectivity index (χ4v) is 2.37. The monoisotopic (exact) mass is 287 g/mol. The lowest BCUT2D eigenvalue weighted by Crippen LogP contribution is -2.51. The van der Waals surface area contributed by atoms with E-state index >= 15 is 0 Å². The molecule has 0 aromatic rings. The normalized spacial score (nSPS) is 18.3. The van der Waals surface area contributed by atoms with Gasteiger partial charge in [-0.2, -0.15) is 0 Å². The molecule has 8 nitrogen and oxygen atoms in total. The topological polar surface area (TPSA) is 133 Å². The van der Waals surface area contributed by atoms with Gasteiger partial charge in [-0.25, -0.2) is 9.59 Å². The maximum Gasteiger partial charge on any atom is 0.326 e. The third-order valence-electron chi connectivity index (χ3n) is 3.41. The molecule has 1 rings (SSSR count). The Bertz CT molecular complexity index is 393. The molecule has 0 saturated heterocycles. The van der Waals surface area contributed by atoms with Crippen molar-refractivity contribution in [3.8, 4) is 0 Å². The van der Waals surface area contributed by atoms with Crippen molar-refractivity contribution in [3.63, 3.8) is 0 Å². The Labute approximate surface area is 116 Å². The zero-order valence-corrected chi connectivity index (χ0v) is 11.5. The number of amides is 3. The Hall–Kier alpha value is -1.83. The number of nitrogens with one attached hydrogen (secondary N) is 1. The number of carboxylic acid groups (broad SMARTS) is 1. The zero-order valence-electron chi connectivity index (χ0n) is 11.5. The molecule has 1 saturated carbocycles. The number of carboxylic acids is 1. The summed E-state index contributed by atoms with van der Waals surface area (Å²) in [6.45, 7) is 0.127. The van der Waals surface area contributed by atoms with E-state index in [0.29, 0.717) is 12.8 Å². The van der Waals surface area contributed by atoms with E-state index in [9.17, 15) is 19.5 Å². The molecule has 5 N–H and O–H groups in total. The number of aliphatic carboxylic acids is 1. The number of aliphatic hydroxyl groups is 1. The zero-order chi connectivity index (χ0) is 15.3. The predicted molar refractivity (Wildman–Crippen MR) is 69.8 cm³/mol. The Balaban J connectivity index is 2.54. The number of urea groups is 1. The van der Waals surface area contributed by atoms with Gasteiger partial charge in [0.1, 0.15) is 6.04 Å². The molecule has 114 valence electrons. The molecule has 1 aliphatic rings. The SMILES string of the molecule is CN(CC1(O)CCCC1)C(=O)NC(CC(N)=O)C(=O)O. The van der Waals surface area contributed by atoms with Crippen LogP contribution in [0.3, 0.4) is 0 Å². The van der Waals surface area contributed by atoms with Crippen LogP contribution in [0.1, 0.15) is 32.1 Å². The lowest BCUT2D eigenvalue weighted by atomic mass is 10.0. The van der Waals surface area contributed by atoms with Crippen LogP contribution < -0.4 is 11.1 Å². The van der Waals surface area contributed by atoms with Gasteiger partial charge in [0.15, 0.2) is 0 Å². The van der Waals surface area contributed by atoms with E-state index in [-0.39, 0.29) is 6.54 Å². The molecule has 1 fully saturated rings. The largest absolute Gasteiger partial charge is 0.480 e. The summed E-state index contributed by atoms with van der Waals surface area (Å²) >= 11 is 0. The van der Waals surface area contributed by atoms with Crippen LogP contribution in [0.5, 0.6) is 0 Å². The lowest BCUT2D eigenvalue weighted by Gasteiger charge is -2.29. The molecule has 0 heterocycles. The van der Waals surface area contributed by atoms with Crippen LogP contribution in [-0.2, 0) is 9.59 Å². The summed E-state index contributed by atoms with van der Waals surface area (Å²) in [6, 6.07) is -2.01. The minimum atomic E-state index is -1.36. The van der Waals surface area contributed by atoms with E-state index in [1.165, 1.54) is 11.9 Å². The Morgan fingerprint density at radius 3 is 2.35 bits per heavy atom. The summed E-state index contributed by atoms with van der Waals surface area (Å²) in [5, 5.41) is 21.3. The van der Waals surface area contributed by atoms with E-state index in [0.717, 1.165) is 12.8 Å². The van der Waals surface area contributed by atoms with Gasteiger partial charge in [0.25, 0.3) is 0 Å². The van der Waals surface area contributed by atoms with Crippen LogP contribution in [0, 0.1) is 0 Å². The molecule has 0 radical (unpaired) electrons. The van der Waals surface area contributed by atoms with Crippen molar-refractivity contribution in [3.05, 3.63) is 0 Å². The van der Waals surface area contributed by atoms with E-state index in [1.54, 1.807) is 0 Å². The molecular weight excluding hydrogens is 266 g/mol. The molecule has 0 bridgehead atoms. The van der Waals surface area contributed by atoms with Crippen molar-refractivity contribution in [2.24, 2.45) is 5.73 Å². The molecule has 8 heteroatoms. The van der Waals surface area contributed by atoms with Crippen LogP contribution in [0.15, 0.2) is 0 Å².